The fraction of sp³-hybridized carbons (Fsp3) is 0.462. The molecule has 0 aromatic heterocycles. The summed E-state index contributed by atoms with van der Waals surface area (Å²) in [5, 5.41) is 17.3. The summed E-state index contributed by atoms with van der Waals surface area (Å²) in [5.41, 5.74) is 1.31. The van der Waals surface area contributed by atoms with Gasteiger partial charge in [-0.3, -0.25) is 10.1 Å². The molecule has 0 spiro atoms. The van der Waals surface area contributed by atoms with E-state index in [1.54, 1.807) is 19.1 Å². The molecule has 1 aliphatic heterocycles. The van der Waals surface area contributed by atoms with Crippen LogP contribution in [-0.2, 0) is 4.74 Å². The molecule has 1 fully saturated rings. The highest BCUT2D eigenvalue weighted by molar-refractivity contribution is 7.80. The third-order valence-electron chi connectivity index (χ3n) is 3.18. The van der Waals surface area contributed by atoms with Crippen LogP contribution < -0.4 is 10.6 Å². The van der Waals surface area contributed by atoms with Crippen molar-refractivity contribution < 1.29 is 9.66 Å². The zero-order valence-electron chi connectivity index (χ0n) is 11.2. The molecule has 1 atom stereocenters. The minimum atomic E-state index is -0.399. The molecule has 108 valence electrons. The summed E-state index contributed by atoms with van der Waals surface area (Å²) in [6, 6.07) is 4.95. The highest BCUT2D eigenvalue weighted by atomic mass is 32.1. The van der Waals surface area contributed by atoms with Crippen molar-refractivity contribution in [3.63, 3.8) is 0 Å². The molecule has 0 bridgehead atoms. The lowest BCUT2D eigenvalue weighted by Gasteiger charge is -2.14. The topological polar surface area (TPSA) is 76.4 Å². The number of hydrogen-bond acceptors (Lipinski definition) is 4. The summed E-state index contributed by atoms with van der Waals surface area (Å²) >= 11 is 5.16. The van der Waals surface area contributed by atoms with Gasteiger partial charge in [0.05, 0.1) is 11.0 Å². The van der Waals surface area contributed by atoms with Crippen molar-refractivity contribution in [3.05, 3.63) is 33.9 Å². The third-order valence-corrected chi connectivity index (χ3v) is 3.42. The Hall–Kier alpha value is -1.73. The average molecular weight is 295 g/mol. The van der Waals surface area contributed by atoms with Gasteiger partial charge in [-0.15, -0.1) is 0 Å². The molecule has 1 aliphatic rings. The molecule has 2 rings (SSSR count). The number of hydrogen-bond donors (Lipinski definition) is 2. The van der Waals surface area contributed by atoms with E-state index in [1.165, 1.54) is 6.07 Å². The van der Waals surface area contributed by atoms with E-state index in [9.17, 15) is 10.1 Å². The number of nitrogens with one attached hydrogen (secondary N) is 2. The van der Waals surface area contributed by atoms with Crippen molar-refractivity contribution in [2.45, 2.75) is 25.9 Å². The molecule has 0 amide bonds. The van der Waals surface area contributed by atoms with Crippen molar-refractivity contribution >= 4 is 28.7 Å². The van der Waals surface area contributed by atoms with Crippen LogP contribution in [-0.4, -0.2) is 29.3 Å². The van der Waals surface area contributed by atoms with Gasteiger partial charge in [0.25, 0.3) is 5.69 Å². The van der Waals surface area contributed by atoms with E-state index in [2.05, 4.69) is 10.6 Å². The second-order valence-corrected chi connectivity index (χ2v) is 5.14. The van der Waals surface area contributed by atoms with E-state index >= 15 is 0 Å². The van der Waals surface area contributed by atoms with Gasteiger partial charge in [-0.2, -0.15) is 0 Å². The van der Waals surface area contributed by atoms with E-state index in [0.29, 0.717) is 22.9 Å². The lowest BCUT2D eigenvalue weighted by Crippen LogP contribution is -2.34. The summed E-state index contributed by atoms with van der Waals surface area (Å²) < 4.78 is 5.48. The molecule has 1 aromatic rings. The van der Waals surface area contributed by atoms with Crippen LogP contribution in [0.1, 0.15) is 18.4 Å². The van der Waals surface area contributed by atoms with E-state index in [1.807, 2.05) is 0 Å². The summed E-state index contributed by atoms with van der Waals surface area (Å²) in [6.45, 7) is 3.16. The van der Waals surface area contributed by atoms with Gasteiger partial charge >= 0.3 is 0 Å². The van der Waals surface area contributed by atoms with Crippen LogP contribution in [0.25, 0.3) is 0 Å². The smallest absolute Gasteiger partial charge is 0.274 e. The summed E-state index contributed by atoms with van der Waals surface area (Å²) in [7, 11) is 0. The number of ether oxygens (including phenoxy) is 1. The summed E-state index contributed by atoms with van der Waals surface area (Å²) in [5.74, 6) is 0. The molecule has 1 heterocycles. The first kappa shape index (κ1) is 14.7. The Balaban J connectivity index is 1.90. The van der Waals surface area contributed by atoms with Crippen LogP contribution >= 0.6 is 12.2 Å². The van der Waals surface area contributed by atoms with Gasteiger partial charge in [-0.1, -0.05) is 6.07 Å². The fourth-order valence-corrected chi connectivity index (χ4v) is 2.27. The molecule has 0 radical (unpaired) electrons. The van der Waals surface area contributed by atoms with E-state index in [4.69, 9.17) is 17.0 Å². The first-order chi connectivity index (χ1) is 9.56. The number of nitro groups is 1. The third kappa shape index (κ3) is 3.88. The first-order valence-corrected chi connectivity index (χ1v) is 6.88. The van der Waals surface area contributed by atoms with Crippen LogP contribution in [0.15, 0.2) is 18.2 Å². The van der Waals surface area contributed by atoms with Gasteiger partial charge in [-0.25, -0.2) is 0 Å². The molecule has 1 saturated heterocycles. The van der Waals surface area contributed by atoms with Crippen molar-refractivity contribution in [1.82, 2.24) is 5.32 Å². The maximum Gasteiger partial charge on any atom is 0.274 e. The molecule has 0 unspecified atom stereocenters. The van der Waals surface area contributed by atoms with E-state index < -0.39 is 4.92 Å². The van der Waals surface area contributed by atoms with E-state index in [-0.39, 0.29) is 11.8 Å². The lowest BCUT2D eigenvalue weighted by atomic mass is 10.2. The molecule has 1 aromatic carbocycles. The van der Waals surface area contributed by atoms with Gasteiger partial charge in [0, 0.05) is 30.5 Å². The van der Waals surface area contributed by atoms with Crippen LogP contribution in [0, 0.1) is 17.0 Å². The Morgan fingerprint density at radius 3 is 3.05 bits per heavy atom. The van der Waals surface area contributed by atoms with Crippen LogP contribution in [0.2, 0.25) is 0 Å². The maximum absolute atomic E-state index is 10.9. The van der Waals surface area contributed by atoms with Gasteiger partial charge in [0.15, 0.2) is 5.11 Å². The van der Waals surface area contributed by atoms with Crippen molar-refractivity contribution in [2.24, 2.45) is 0 Å². The number of nitrogens with zero attached hydrogens (tertiary/aromatic N) is 1. The number of thiocarbonyl (C=S) groups is 1. The SMILES string of the molecule is Cc1ccc(NC(=S)NC[C@@H]2CCCO2)cc1[N+](=O)[O-]. The molecule has 7 heteroatoms. The van der Waals surface area contributed by atoms with Crippen molar-refractivity contribution in [2.75, 3.05) is 18.5 Å². The van der Waals surface area contributed by atoms with Crippen molar-refractivity contribution in [1.29, 1.82) is 0 Å². The van der Waals surface area contributed by atoms with E-state index in [0.717, 1.165) is 19.4 Å². The van der Waals surface area contributed by atoms with Crippen LogP contribution in [0.3, 0.4) is 0 Å². The molecule has 2 N–H and O–H groups in total. The predicted octanol–water partition coefficient (Wildman–Crippen LogP) is 2.37. The Labute approximate surface area is 122 Å². The molecular weight excluding hydrogens is 278 g/mol. The summed E-state index contributed by atoms with van der Waals surface area (Å²) in [6.07, 6.45) is 2.31. The maximum atomic E-state index is 10.9. The number of anilines is 1. The number of aryl methyl sites for hydroxylation is 1. The number of nitro benzene ring substituents is 1. The zero-order chi connectivity index (χ0) is 14.5. The number of benzene rings is 1. The summed E-state index contributed by atoms with van der Waals surface area (Å²) in [4.78, 5) is 10.5. The molecule has 0 aliphatic carbocycles. The monoisotopic (exact) mass is 295 g/mol. The van der Waals surface area contributed by atoms with Crippen LogP contribution in [0.4, 0.5) is 11.4 Å². The molecule has 20 heavy (non-hydrogen) atoms. The standard InChI is InChI=1S/C13H17N3O3S/c1-9-4-5-10(7-12(9)16(17)18)15-13(20)14-8-11-3-2-6-19-11/h4-5,7,11H,2-3,6,8H2,1H3,(H2,14,15,20)/t11-/m0/s1. The molecule has 6 nitrogen and oxygen atoms in total. The highest BCUT2D eigenvalue weighted by Gasteiger charge is 2.16. The Morgan fingerprint density at radius 2 is 2.40 bits per heavy atom. The van der Waals surface area contributed by atoms with Gasteiger partial charge in [-0.05, 0) is 38.0 Å². The Morgan fingerprint density at radius 1 is 1.60 bits per heavy atom. The second-order valence-electron chi connectivity index (χ2n) is 4.73. The normalized spacial score (nSPS) is 17.8. The zero-order valence-corrected chi connectivity index (χ0v) is 12.0. The highest BCUT2D eigenvalue weighted by Crippen LogP contribution is 2.22. The lowest BCUT2D eigenvalue weighted by molar-refractivity contribution is -0.385. The minimum Gasteiger partial charge on any atom is -0.376 e. The van der Waals surface area contributed by atoms with Crippen molar-refractivity contribution in [3.8, 4) is 0 Å². The van der Waals surface area contributed by atoms with Gasteiger partial charge in [0.1, 0.15) is 0 Å². The van der Waals surface area contributed by atoms with Crippen LogP contribution in [0.5, 0.6) is 0 Å². The molecular formula is C13H17N3O3S. The quantitative estimate of drug-likeness (QED) is 0.504. The van der Waals surface area contributed by atoms with Gasteiger partial charge in [0.2, 0.25) is 0 Å². The average Bonchev–Trinajstić information content (AvgIpc) is 2.91. The van der Waals surface area contributed by atoms with Gasteiger partial charge < -0.3 is 15.4 Å². The first-order valence-electron chi connectivity index (χ1n) is 6.48. The Bertz CT molecular complexity index is 516. The second kappa shape index (κ2) is 6.62. The largest absolute Gasteiger partial charge is 0.376 e. The predicted molar refractivity (Wildman–Crippen MR) is 81.0 cm³/mol. The minimum absolute atomic E-state index is 0.0805. The number of rotatable bonds is 4. The Kier molecular flexibility index (Phi) is 4.86. The molecule has 0 saturated carbocycles. The fourth-order valence-electron chi connectivity index (χ4n) is 2.07.